The van der Waals surface area contributed by atoms with Gasteiger partial charge < -0.3 is 15.5 Å². The number of imide groups is 1. The summed E-state index contributed by atoms with van der Waals surface area (Å²) in [6, 6.07) is 16.3. The lowest BCUT2D eigenvalue weighted by molar-refractivity contribution is -0.134. The summed E-state index contributed by atoms with van der Waals surface area (Å²) >= 11 is 0. The third-order valence-electron chi connectivity index (χ3n) is 6.40. The number of carbonyl (C=O) groups is 3. The standard InChI is InChI=1S/C25H30N4O3/c1-2-25(19-10-6-5-7-11-19)23(31)29(24(32)27-25)18-22(30)26-20-12-14-21(15-13-20)28-16-8-3-4-9-17-28/h5-7,10-15H,2-4,8-9,16-18H2,1H3,(H,26,30)(H,27,32). The minimum absolute atomic E-state index is 0.326. The van der Waals surface area contributed by atoms with Gasteiger partial charge in [-0.3, -0.25) is 14.5 Å². The maximum absolute atomic E-state index is 13.2. The summed E-state index contributed by atoms with van der Waals surface area (Å²) in [5.41, 5.74) is 1.38. The topological polar surface area (TPSA) is 81.8 Å². The monoisotopic (exact) mass is 434 g/mol. The average Bonchev–Trinajstić information content (AvgIpc) is 2.99. The number of amides is 4. The lowest BCUT2D eigenvalue weighted by atomic mass is 9.87. The highest BCUT2D eigenvalue weighted by Crippen LogP contribution is 2.32. The van der Waals surface area contributed by atoms with E-state index >= 15 is 0 Å². The van der Waals surface area contributed by atoms with Gasteiger partial charge in [0.1, 0.15) is 12.1 Å². The van der Waals surface area contributed by atoms with E-state index in [9.17, 15) is 14.4 Å². The molecule has 2 heterocycles. The van der Waals surface area contributed by atoms with E-state index in [1.165, 1.54) is 25.7 Å². The van der Waals surface area contributed by atoms with Gasteiger partial charge in [-0.15, -0.1) is 0 Å². The van der Waals surface area contributed by atoms with Crippen LogP contribution in [0, 0.1) is 0 Å². The summed E-state index contributed by atoms with van der Waals surface area (Å²) in [6.45, 7) is 3.63. The number of benzene rings is 2. The lowest BCUT2D eigenvalue weighted by Crippen LogP contribution is -2.44. The van der Waals surface area contributed by atoms with Gasteiger partial charge in [-0.05, 0) is 49.1 Å². The van der Waals surface area contributed by atoms with Crippen molar-refractivity contribution in [2.75, 3.05) is 29.9 Å². The van der Waals surface area contributed by atoms with Crippen molar-refractivity contribution >= 4 is 29.2 Å². The second kappa shape index (κ2) is 9.42. The fourth-order valence-electron chi connectivity index (χ4n) is 4.56. The van der Waals surface area contributed by atoms with Crippen LogP contribution in [-0.4, -0.2) is 42.4 Å². The van der Waals surface area contributed by atoms with Crippen LogP contribution in [-0.2, 0) is 15.1 Å². The molecule has 4 amide bonds. The van der Waals surface area contributed by atoms with Gasteiger partial charge in [0.2, 0.25) is 5.91 Å². The van der Waals surface area contributed by atoms with E-state index in [2.05, 4.69) is 15.5 Å². The van der Waals surface area contributed by atoms with E-state index in [0.29, 0.717) is 17.7 Å². The molecular weight excluding hydrogens is 404 g/mol. The molecule has 1 atom stereocenters. The second-order valence-corrected chi connectivity index (χ2v) is 8.44. The largest absolute Gasteiger partial charge is 0.372 e. The molecule has 168 valence electrons. The van der Waals surface area contributed by atoms with Crippen molar-refractivity contribution in [3.8, 4) is 0 Å². The predicted octanol–water partition coefficient (Wildman–Crippen LogP) is 3.86. The maximum Gasteiger partial charge on any atom is 0.325 e. The molecule has 0 saturated carbocycles. The first-order valence-corrected chi connectivity index (χ1v) is 11.4. The van der Waals surface area contributed by atoms with Gasteiger partial charge in [0.15, 0.2) is 0 Å². The molecule has 0 aliphatic carbocycles. The number of hydrogen-bond acceptors (Lipinski definition) is 4. The molecule has 0 radical (unpaired) electrons. The zero-order chi connectivity index (χ0) is 22.6. The van der Waals surface area contributed by atoms with Crippen molar-refractivity contribution in [3.63, 3.8) is 0 Å². The lowest BCUT2D eigenvalue weighted by Gasteiger charge is -2.25. The molecule has 2 aliphatic heterocycles. The van der Waals surface area contributed by atoms with Gasteiger partial charge in [0, 0.05) is 24.5 Å². The van der Waals surface area contributed by atoms with E-state index in [0.717, 1.165) is 23.7 Å². The molecule has 4 rings (SSSR count). The number of anilines is 2. The van der Waals surface area contributed by atoms with Gasteiger partial charge in [-0.25, -0.2) is 4.79 Å². The van der Waals surface area contributed by atoms with Crippen LogP contribution in [0.15, 0.2) is 54.6 Å². The molecule has 2 N–H and O–H groups in total. The third-order valence-corrected chi connectivity index (χ3v) is 6.40. The molecule has 0 aromatic heterocycles. The zero-order valence-electron chi connectivity index (χ0n) is 18.5. The Hall–Kier alpha value is -3.35. The number of nitrogens with one attached hydrogen (secondary N) is 2. The van der Waals surface area contributed by atoms with Crippen LogP contribution in [0.4, 0.5) is 16.2 Å². The normalized spacial score (nSPS) is 21.3. The summed E-state index contributed by atoms with van der Waals surface area (Å²) in [4.78, 5) is 41.7. The first-order valence-electron chi connectivity index (χ1n) is 11.4. The van der Waals surface area contributed by atoms with E-state index in [1.54, 1.807) is 0 Å². The van der Waals surface area contributed by atoms with E-state index in [4.69, 9.17) is 0 Å². The molecule has 2 aromatic rings. The minimum Gasteiger partial charge on any atom is -0.372 e. The van der Waals surface area contributed by atoms with Crippen LogP contribution >= 0.6 is 0 Å². The first-order chi connectivity index (χ1) is 15.5. The molecule has 1 unspecified atom stereocenters. The highest BCUT2D eigenvalue weighted by molar-refractivity contribution is 6.10. The molecule has 2 fully saturated rings. The fourth-order valence-corrected chi connectivity index (χ4v) is 4.56. The van der Waals surface area contributed by atoms with Crippen LogP contribution in [0.3, 0.4) is 0 Å². The summed E-state index contributed by atoms with van der Waals surface area (Å²) in [5, 5.41) is 5.61. The quantitative estimate of drug-likeness (QED) is 0.677. The Bertz CT molecular complexity index is 968. The van der Waals surface area contributed by atoms with Crippen LogP contribution in [0.25, 0.3) is 0 Å². The molecule has 7 heteroatoms. The Morgan fingerprint density at radius 3 is 2.25 bits per heavy atom. The zero-order valence-corrected chi connectivity index (χ0v) is 18.5. The SMILES string of the molecule is CCC1(c2ccccc2)NC(=O)N(CC(=O)Nc2ccc(N3CCCCCC3)cc2)C1=O. The first kappa shape index (κ1) is 21.9. The number of nitrogens with zero attached hydrogens (tertiary/aromatic N) is 2. The Morgan fingerprint density at radius 1 is 0.969 bits per heavy atom. The van der Waals surface area contributed by atoms with Crippen LogP contribution in [0.2, 0.25) is 0 Å². The third kappa shape index (κ3) is 4.33. The molecule has 2 saturated heterocycles. The second-order valence-electron chi connectivity index (χ2n) is 8.44. The van der Waals surface area contributed by atoms with Gasteiger partial charge in [-0.1, -0.05) is 50.1 Å². The van der Waals surface area contributed by atoms with Crippen molar-refractivity contribution in [1.29, 1.82) is 0 Å². The molecule has 0 spiro atoms. The van der Waals surface area contributed by atoms with Gasteiger partial charge in [0.25, 0.3) is 5.91 Å². The smallest absolute Gasteiger partial charge is 0.325 e. The van der Waals surface area contributed by atoms with Crippen molar-refractivity contribution in [2.24, 2.45) is 0 Å². The van der Waals surface area contributed by atoms with E-state index in [-0.39, 0.29) is 6.54 Å². The number of hydrogen-bond donors (Lipinski definition) is 2. The number of urea groups is 1. The Morgan fingerprint density at radius 2 is 1.62 bits per heavy atom. The van der Waals surface area contributed by atoms with Gasteiger partial charge in [-0.2, -0.15) is 0 Å². The van der Waals surface area contributed by atoms with E-state index < -0.39 is 23.4 Å². The summed E-state index contributed by atoms with van der Waals surface area (Å²) in [7, 11) is 0. The van der Waals surface area contributed by atoms with Crippen molar-refractivity contribution in [2.45, 2.75) is 44.6 Å². The Kier molecular flexibility index (Phi) is 6.44. The van der Waals surface area contributed by atoms with Gasteiger partial charge >= 0.3 is 6.03 Å². The highest BCUT2D eigenvalue weighted by atomic mass is 16.2. The molecule has 0 bridgehead atoms. The molecule has 7 nitrogen and oxygen atoms in total. The van der Waals surface area contributed by atoms with Crippen molar-refractivity contribution in [1.82, 2.24) is 10.2 Å². The van der Waals surface area contributed by atoms with Crippen LogP contribution in [0.5, 0.6) is 0 Å². The predicted molar refractivity (Wildman–Crippen MR) is 124 cm³/mol. The molecule has 2 aromatic carbocycles. The summed E-state index contributed by atoms with van der Waals surface area (Å²) < 4.78 is 0. The van der Waals surface area contributed by atoms with Crippen molar-refractivity contribution in [3.05, 3.63) is 60.2 Å². The van der Waals surface area contributed by atoms with Crippen molar-refractivity contribution < 1.29 is 14.4 Å². The highest BCUT2D eigenvalue weighted by Gasteiger charge is 2.51. The molecule has 2 aliphatic rings. The average molecular weight is 435 g/mol. The molecular formula is C25H30N4O3. The fraction of sp³-hybridized carbons (Fsp3) is 0.400. The minimum atomic E-state index is -1.13. The number of carbonyl (C=O) groups excluding carboxylic acids is 3. The molecule has 32 heavy (non-hydrogen) atoms. The van der Waals surface area contributed by atoms with Gasteiger partial charge in [0.05, 0.1) is 0 Å². The Labute approximate surface area is 188 Å². The summed E-state index contributed by atoms with van der Waals surface area (Å²) in [5.74, 6) is -0.807. The summed E-state index contributed by atoms with van der Waals surface area (Å²) in [6.07, 6.45) is 5.35. The Balaban J connectivity index is 1.40. The maximum atomic E-state index is 13.2. The van der Waals surface area contributed by atoms with Crippen LogP contribution < -0.4 is 15.5 Å². The van der Waals surface area contributed by atoms with E-state index in [1.807, 2.05) is 61.5 Å². The van der Waals surface area contributed by atoms with Crippen LogP contribution in [0.1, 0.15) is 44.6 Å². The number of rotatable bonds is 6.